The van der Waals surface area contributed by atoms with Gasteiger partial charge in [-0.3, -0.25) is 4.68 Å². The van der Waals surface area contributed by atoms with Crippen LogP contribution in [-0.2, 0) is 0 Å². The molecule has 90 valence electrons. The van der Waals surface area contributed by atoms with Gasteiger partial charge in [-0.1, -0.05) is 17.7 Å². The monoisotopic (exact) mass is 257 g/mol. The van der Waals surface area contributed by atoms with Gasteiger partial charge in [-0.05, 0) is 31.4 Å². The number of benzene rings is 1. The molecule has 1 fully saturated rings. The topological polar surface area (TPSA) is 41.6 Å². The molecule has 1 aromatic carbocycles. The molecule has 1 aromatic heterocycles. The lowest BCUT2D eigenvalue weighted by Crippen LogP contribution is -2.16. The molecule has 4 heteroatoms. The van der Waals surface area contributed by atoms with Crippen molar-refractivity contribution in [3.8, 4) is 17.2 Å². The van der Waals surface area contributed by atoms with Gasteiger partial charge in [0.1, 0.15) is 0 Å². The molecule has 3 nitrogen and oxygen atoms in total. The van der Waals surface area contributed by atoms with Crippen LogP contribution in [0.15, 0.2) is 30.6 Å². The van der Waals surface area contributed by atoms with Crippen LogP contribution in [-0.4, -0.2) is 9.78 Å². The zero-order valence-corrected chi connectivity index (χ0v) is 10.6. The number of nitrogens with zero attached hydrogens (tertiary/aromatic N) is 3. The molecule has 0 atom stereocenters. The van der Waals surface area contributed by atoms with Crippen molar-refractivity contribution in [3.05, 3.63) is 41.2 Å². The van der Waals surface area contributed by atoms with E-state index in [-0.39, 0.29) is 0 Å². The third-order valence-electron chi connectivity index (χ3n) is 3.46. The van der Waals surface area contributed by atoms with Crippen LogP contribution in [0.3, 0.4) is 0 Å². The van der Waals surface area contributed by atoms with Crippen molar-refractivity contribution >= 4 is 11.6 Å². The quantitative estimate of drug-likeness (QED) is 0.821. The molecule has 0 N–H and O–H groups in total. The summed E-state index contributed by atoms with van der Waals surface area (Å²) in [5.41, 5.74) is 2.52. The minimum absolute atomic E-state index is 0.552. The summed E-state index contributed by atoms with van der Waals surface area (Å²) in [5.74, 6) is 0. The number of rotatable bonds is 2. The second-order valence-electron chi connectivity index (χ2n) is 4.60. The molecule has 0 unspecified atom stereocenters. The van der Waals surface area contributed by atoms with E-state index in [0.29, 0.717) is 16.6 Å². The maximum atomic E-state index is 8.81. The molecule has 1 aliphatic carbocycles. The van der Waals surface area contributed by atoms with Crippen LogP contribution in [0, 0.1) is 11.3 Å². The molecule has 0 amide bonds. The third kappa shape index (κ3) is 1.89. The highest BCUT2D eigenvalue weighted by Crippen LogP contribution is 2.33. The summed E-state index contributed by atoms with van der Waals surface area (Å²) in [4.78, 5) is 0. The summed E-state index contributed by atoms with van der Waals surface area (Å²) >= 11 is 6.19. The Labute approximate surface area is 111 Å². The summed E-state index contributed by atoms with van der Waals surface area (Å²) in [7, 11) is 0. The van der Waals surface area contributed by atoms with E-state index in [1.807, 2.05) is 23.1 Å². The average molecular weight is 258 g/mol. The van der Waals surface area contributed by atoms with Gasteiger partial charge in [0.2, 0.25) is 0 Å². The van der Waals surface area contributed by atoms with Crippen molar-refractivity contribution in [1.29, 1.82) is 5.26 Å². The maximum absolute atomic E-state index is 8.81. The van der Waals surface area contributed by atoms with Crippen LogP contribution >= 0.6 is 11.6 Å². The highest BCUT2D eigenvalue weighted by molar-refractivity contribution is 6.33. The van der Waals surface area contributed by atoms with Gasteiger partial charge in [-0.15, -0.1) is 0 Å². The molecule has 0 bridgehead atoms. The maximum Gasteiger partial charge on any atom is 0.0992 e. The zero-order valence-electron chi connectivity index (χ0n) is 9.81. The van der Waals surface area contributed by atoms with E-state index >= 15 is 0 Å². The minimum Gasteiger partial charge on any atom is -0.269 e. The van der Waals surface area contributed by atoms with Gasteiger partial charge >= 0.3 is 0 Å². The van der Waals surface area contributed by atoms with Crippen LogP contribution < -0.4 is 0 Å². The number of nitriles is 1. The second-order valence-corrected chi connectivity index (χ2v) is 5.01. The van der Waals surface area contributed by atoms with Gasteiger partial charge in [-0.25, -0.2) is 0 Å². The lowest BCUT2D eigenvalue weighted by Gasteiger charge is -2.25. The number of halogens is 1. The standard InChI is InChI=1S/C14H12ClN3/c15-14-6-10(7-16)4-5-13(14)11-8-17-18(9-11)12-2-1-3-12/h4-6,8-9,12H,1-3H2. The minimum atomic E-state index is 0.552. The average Bonchev–Trinajstić information content (AvgIpc) is 2.75. The smallest absolute Gasteiger partial charge is 0.0992 e. The Hall–Kier alpha value is -1.79. The largest absolute Gasteiger partial charge is 0.269 e. The van der Waals surface area contributed by atoms with Crippen LogP contribution in [0.2, 0.25) is 5.02 Å². The molecule has 2 aromatic rings. The Balaban J connectivity index is 1.94. The zero-order chi connectivity index (χ0) is 12.5. The SMILES string of the molecule is N#Cc1ccc(-c2cnn(C3CCC3)c2)c(Cl)c1. The van der Waals surface area contributed by atoms with Gasteiger partial charge in [0.15, 0.2) is 0 Å². The molecule has 0 aliphatic heterocycles. The van der Waals surface area contributed by atoms with Gasteiger partial charge in [0.05, 0.1) is 23.9 Å². The van der Waals surface area contributed by atoms with Gasteiger partial charge < -0.3 is 0 Å². The van der Waals surface area contributed by atoms with E-state index in [0.717, 1.165) is 11.1 Å². The third-order valence-corrected chi connectivity index (χ3v) is 3.77. The highest BCUT2D eigenvalue weighted by atomic mass is 35.5. The van der Waals surface area contributed by atoms with Crippen LogP contribution in [0.4, 0.5) is 0 Å². The molecule has 3 rings (SSSR count). The fourth-order valence-electron chi connectivity index (χ4n) is 2.15. The summed E-state index contributed by atoms with van der Waals surface area (Å²) in [6, 6.07) is 7.98. The Morgan fingerprint density at radius 2 is 2.22 bits per heavy atom. The van der Waals surface area contributed by atoms with Crippen LogP contribution in [0.25, 0.3) is 11.1 Å². The number of aromatic nitrogens is 2. The van der Waals surface area contributed by atoms with Crippen molar-refractivity contribution in [3.63, 3.8) is 0 Å². The van der Waals surface area contributed by atoms with E-state index in [1.165, 1.54) is 19.3 Å². The first-order valence-corrected chi connectivity index (χ1v) is 6.40. The molecular formula is C14H12ClN3. The molecule has 18 heavy (non-hydrogen) atoms. The summed E-state index contributed by atoms with van der Waals surface area (Å²) < 4.78 is 2.02. The van der Waals surface area contributed by atoms with E-state index in [4.69, 9.17) is 16.9 Å². The van der Waals surface area contributed by atoms with Crippen molar-refractivity contribution in [1.82, 2.24) is 9.78 Å². The first-order valence-electron chi connectivity index (χ1n) is 6.02. The molecule has 1 aliphatic rings. The molecule has 0 saturated heterocycles. The molecule has 1 heterocycles. The van der Waals surface area contributed by atoms with E-state index in [1.54, 1.807) is 12.1 Å². The first kappa shape index (κ1) is 11.3. The summed E-state index contributed by atoms with van der Waals surface area (Å²) in [5, 5.41) is 13.8. The van der Waals surface area contributed by atoms with Crippen LogP contribution in [0.5, 0.6) is 0 Å². The van der Waals surface area contributed by atoms with Gasteiger partial charge in [0, 0.05) is 22.3 Å². The van der Waals surface area contributed by atoms with E-state index < -0.39 is 0 Å². The van der Waals surface area contributed by atoms with Crippen molar-refractivity contribution < 1.29 is 0 Å². The number of hydrogen-bond acceptors (Lipinski definition) is 2. The Kier molecular flexibility index (Phi) is 2.81. The number of hydrogen-bond donors (Lipinski definition) is 0. The Morgan fingerprint density at radius 3 is 2.83 bits per heavy atom. The van der Waals surface area contributed by atoms with Crippen LogP contribution in [0.1, 0.15) is 30.9 Å². The highest BCUT2D eigenvalue weighted by Gasteiger charge is 2.20. The molecule has 1 saturated carbocycles. The first-order chi connectivity index (χ1) is 8.78. The van der Waals surface area contributed by atoms with Crippen molar-refractivity contribution in [2.24, 2.45) is 0 Å². The fourth-order valence-corrected chi connectivity index (χ4v) is 2.44. The Bertz CT molecular complexity index is 620. The predicted molar refractivity (Wildman–Crippen MR) is 70.3 cm³/mol. The summed E-state index contributed by atoms with van der Waals surface area (Å²) in [6.45, 7) is 0. The predicted octanol–water partition coefficient (Wildman–Crippen LogP) is 3.80. The van der Waals surface area contributed by atoms with Gasteiger partial charge in [-0.2, -0.15) is 10.4 Å². The normalized spacial score (nSPS) is 15.1. The van der Waals surface area contributed by atoms with Gasteiger partial charge in [0.25, 0.3) is 0 Å². The summed E-state index contributed by atoms with van der Waals surface area (Å²) in [6.07, 6.45) is 7.59. The molecular weight excluding hydrogens is 246 g/mol. The molecule has 0 spiro atoms. The van der Waals surface area contributed by atoms with Crippen molar-refractivity contribution in [2.45, 2.75) is 25.3 Å². The van der Waals surface area contributed by atoms with Crippen molar-refractivity contribution in [2.75, 3.05) is 0 Å². The fraction of sp³-hybridized carbons (Fsp3) is 0.286. The Morgan fingerprint density at radius 1 is 1.39 bits per heavy atom. The lowest BCUT2D eigenvalue weighted by molar-refractivity contribution is 0.289. The second kappa shape index (κ2) is 4.47. The van der Waals surface area contributed by atoms with E-state index in [2.05, 4.69) is 11.2 Å². The molecule has 0 radical (unpaired) electrons. The van der Waals surface area contributed by atoms with E-state index in [9.17, 15) is 0 Å². The lowest BCUT2D eigenvalue weighted by atomic mass is 9.93.